The summed E-state index contributed by atoms with van der Waals surface area (Å²) in [7, 11) is 0. The van der Waals surface area contributed by atoms with Crippen LogP contribution in [0, 0.1) is 19.8 Å². The zero-order chi connectivity index (χ0) is 12.4. The van der Waals surface area contributed by atoms with Gasteiger partial charge in [-0.15, -0.1) is 11.8 Å². The number of hydrogen-bond donors (Lipinski definition) is 1. The quantitative estimate of drug-likeness (QED) is 0.889. The summed E-state index contributed by atoms with van der Waals surface area (Å²) in [6.07, 6.45) is 2.90. The fourth-order valence-corrected chi connectivity index (χ4v) is 3.88. The first-order valence-electron chi connectivity index (χ1n) is 6.04. The van der Waals surface area contributed by atoms with Gasteiger partial charge in [0.15, 0.2) is 0 Å². The Morgan fingerprint density at radius 2 is 2.12 bits per heavy atom. The fraction of sp³-hybridized carbons (Fsp3) is 0.500. The Morgan fingerprint density at radius 3 is 2.82 bits per heavy atom. The number of aryl methyl sites for hydroxylation is 2. The Balaban J connectivity index is 2.15. The lowest BCUT2D eigenvalue weighted by Gasteiger charge is -2.16. The minimum absolute atomic E-state index is 0.167. The summed E-state index contributed by atoms with van der Waals surface area (Å²) >= 11 is 1.75. The van der Waals surface area contributed by atoms with Crippen LogP contribution in [0.25, 0.3) is 0 Å². The molecule has 0 heterocycles. The molecule has 2 nitrogen and oxygen atoms in total. The topological polar surface area (TPSA) is 37.3 Å². The largest absolute Gasteiger partial charge is 0.481 e. The standard InChI is InChI=1S/C14H18O2S/c1-9-6-7-10(2)13(8-9)17-12-5-3-4-11(12)14(15)16/h6-8,11-12H,3-5H2,1-2H3,(H,15,16). The Labute approximate surface area is 106 Å². The van der Waals surface area contributed by atoms with E-state index in [1.54, 1.807) is 11.8 Å². The average Bonchev–Trinajstić information content (AvgIpc) is 2.71. The van der Waals surface area contributed by atoms with Gasteiger partial charge in [-0.3, -0.25) is 4.79 Å². The first-order chi connectivity index (χ1) is 8.08. The van der Waals surface area contributed by atoms with Gasteiger partial charge in [-0.25, -0.2) is 0 Å². The summed E-state index contributed by atoms with van der Waals surface area (Å²) in [5, 5.41) is 9.42. The first kappa shape index (κ1) is 12.5. The van der Waals surface area contributed by atoms with Crippen LogP contribution in [0.2, 0.25) is 0 Å². The van der Waals surface area contributed by atoms with Crippen LogP contribution in [0.5, 0.6) is 0 Å². The molecule has 0 aliphatic heterocycles. The highest BCUT2D eigenvalue weighted by Crippen LogP contribution is 2.40. The average molecular weight is 250 g/mol. The lowest BCUT2D eigenvalue weighted by molar-refractivity contribution is -0.141. The molecule has 0 spiro atoms. The van der Waals surface area contributed by atoms with Crippen molar-refractivity contribution in [2.24, 2.45) is 5.92 Å². The van der Waals surface area contributed by atoms with Gasteiger partial charge in [0.2, 0.25) is 0 Å². The van der Waals surface area contributed by atoms with Gasteiger partial charge >= 0.3 is 5.97 Å². The van der Waals surface area contributed by atoms with Gasteiger partial charge in [0.05, 0.1) is 5.92 Å². The maximum Gasteiger partial charge on any atom is 0.307 e. The Kier molecular flexibility index (Phi) is 3.77. The summed E-state index contributed by atoms with van der Waals surface area (Å²) in [4.78, 5) is 12.4. The SMILES string of the molecule is Cc1ccc(C)c(SC2CCCC2C(=O)O)c1. The highest BCUT2D eigenvalue weighted by atomic mass is 32.2. The number of hydrogen-bond acceptors (Lipinski definition) is 2. The number of carboxylic acid groups (broad SMARTS) is 1. The second-order valence-corrected chi connectivity index (χ2v) is 6.08. The molecule has 1 aliphatic rings. The minimum Gasteiger partial charge on any atom is -0.481 e. The number of thioether (sulfide) groups is 1. The van der Waals surface area contributed by atoms with E-state index >= 15 is 0 Å². The van der Waals surface area contributed by atoms with E-state index in [0.717, 1.165) is 19.3 Å². The molecule has 0 amide bonds. The third kappa shape index (κ3) is 2.83. The molecule has 2 unspecified atom stereocenters. The van der Waals surface area contributed by atoms with Crippen LogP contribution in [-0.4, -0.2) is 16.3 Å². The highest BCUT2D eigenvalue weighted by Gasteiger charge is 2.33. The van der Waals surface area contributed by atoms with Gasteiger partial charge in [0.25, 0.3) is 0 Å². The molecular weight excluding hydrogens is 232 g/mol. The Bertz CT molecular complexity index is 428. The highest BCUT2D eigenvalue weighted by molar-refractivity contribution is 8.00. The van der Waals surface area contributed by atoms with E-state index in [9.17, 15) is 9.90 Å². The Morgan fingerprint density at radius 1 is 1.35 bits per heavy atom. The van der Waals surface area contributed by atoms with Gasteiger partial charge < -0.3 is 5.11 Å². The monoisotopic (exact) mass is 250 g/mol. The van der Waals surface area contributed by atoms with Crippen molar-refractivity contribution in [3.05, 3.63) is 29.3 Å². The van der Waals surface area contributed by atoms with Crippen molar-refractivity contribution in [1.29, 1.82) is 0 Å². The van der Waals surface area contributed by atoms with Crippen LogP contribution in [-0.2, 0) is 4.79 Å². The summed E-state index contributed by atoms with van der Waals surface area (Å²) in [6, 6.07) is 6.38. The van der Waals surface area contributed by atoms with Crippen molar-refractivity contribution < 1.29 is 9.90 Å². The van der Waals surface area contributed by atoms with E-state index in [2.05, 4.69) is 32.0 Å². The van der Waals surface area contributed by atoms with Crippen LogP contribution < -0.4 is 0 Å². The molecule has 1 aromatic rings. The normalized spacial score (nSPS) is 23.9. The lowest BCUT2D eigenvalue weighted by atomic mass is 10.1. The molecule has 1 fully saturated rings. The molecule has 2 atom stereocenters. The molecule has 1 saturated carbocycles. The van der Waals surface area contributed by atoms with E-state index < -0.39 is 5.97 Å². The van der Waals surface area contributed by atoms with Crippen LogP contribution in [0.3, 0.4) is 0 Å². The molecule has 2 rings (SSSR count). The van der Waals surface area contributed by atoms with Gasteiger partial charge in [-0.1, -0.05) is 24.1 Å². The van der Waals surface area contributed by atoms with E-state index in [1.807, 2.05) is 0 Å². The summed E-state index contributed by atoms with van der Waals surface area (Å²) in [5.74, 6) is -0.801. The molecule has 1 N–H and O–H groups in total. The Hall–Kier alpha value is -0.960. The molecule has 1 aromatic carbocycles. The van der Waals surface area contributed by atoms with Crippen molar-refractivity contribution in [1.82, 2.24) is 0 Å². The van der Waals surface area contributed by atoms with Gasteiger partial charge in [-0.05, 0) is 38.3 Å². The van der Waals surface area contributed by atoms with E-state index in [1.165, 1.54) is 16.0 Å². The maximum atomic E-state index is 11.1. The second-order valence-electron chi connectivity index (χ2n) is 4.80. The van der Waals surface area contributed by atoms with Crippen LogP contribution in [0.1, 0.15) is 30.4 Å². The predicted octanol–water partition coefficient (Wildman–Crippen LogP) is 3.65. The number of carboxylic acids is 1. The zero-order valence-corrected chi connectivity index (χ0v) is 11.1. The third-order valence-corrected chi connectivity index (χ3v) is 4.95. The van der Waals surface area contributed by atoms with Crippen LogP contribution in [0.15, 0.2) is 23.1 Å². The molecule has 92 valence electrons. The molecule has 1 aliphatic carbocycles. The van der Waals surface area contributed by atoms with Crippen molar-refractivity contribution in [2.75, 3.05) is 0 Å². The molecule has 0 bridgehead atoms. The van der Waals surface area contributed by atoms with E-state index in [4.69, 9.17) is 0 Å². The van der Waals surface area contributed by atoms with Crippen molar-refractivity contribution in [2.45, 2.75) is 43.3 Å². The molecule has 0 saturated heterocycles. The summed E-state index contributed by atoms with van der Waals surface area (Å²) < 4.78 is 0. The molecule has 17 heavy (non-hydrogen) atoms. The number of benzene rings is 1. The fourth-order valence-electron chi connectivity index (χ4n) is 2.35. The second kappa shape index (κ2) is 5.13. The molecule has 0 radical (unpaired) electrons. The van der Waals surface area contributed by atoms with Gasteiger partial charge in [-0.2, -0.15) is 0 Å². The number of rotatable bonds is 3. The zero-order valence-electron chi connectivity index (χ0n) is 10.3. The van der Waals surface area contributed by atoms with Crippen molar-refractivity contribution in [3.63, 3.8) is 0 Å². The molecular formula is C14H18O2S. The number of carbonyl (C=O) groups is 1. The lowest BCUT2D eigenvalue weighted by Crippen LogP contribution is -2.20. The first-order valence-corrected chi connectivity index (χ1v) is 6.92. The third-order valence-electron chi connectivity index (χ3n) is 3.39. The van der Waals surface area contributed by atoms with Crippen LogP contribution in [0.4, 0.5) is 0 Å². The predicted molar refractivity (Wildman–Crippen MR) is 70.5 cm³/mol. The van der Waals surface area contributed by atoms with Crippen molar-refractivity contribution in [3.8, 4) is 0 Å². The van der Waals surface area contributed by atoms with Crippen molar-refractivity contribution >= 4 is 17.7 Å². The summed E-state index contributed by atoms with van der Waals surface area (Å²) in [6.45, 7) is 4.17. The summed E-state index contributed by atoms with van der Waals surface area (Å²) in [5.41, 5.74) is 2.49. The van der Waals surface area contributed by atoms with Gasteiger partial charge in [0.1, 0.15) is 0 Å². The minimum atomic E-state index is -0.634. The molecule has 3 heteroatoms. The molecule has 0 aromatic heterocycles. The number of aliphatic carboxylic acids is 1. The van der Waals surface area contributed by atoms with E-state index in [0.29, 0.717) is 0 Å². The van der Waals surface area contributed by atoms with Gasteiger partial charge in [0, 0.05) is 10.1 Å². The maximum absolute atomic E-state index is 11.1. The van der Waals surface area contributed by atoms with E-state index in [-0.39, 0.29) is 11.2 Å². The van der Waals surface area contributed by atoms with Crippen LogP contribution >= 0.6 is 11.8 Å². The smallest absolute Gasteiger partial charge is 0.307 e.